The lowest BCUT2D eigenvalue weighted by Gasteiger charge is -2.19. The van der Waals surface area contributed by atoms with E-state index in [1.165, 1.54) is 25.0 Å². The monoisotopic (exact) mass is 343 g/mol. The Morgan fingerprint density at radius 2 is 1.83 bits per heavy atom. The normalized spacial score (nSPS) is 17.9. The van der Waals surface area contributed by atoms with Crippen LogP contribution in [-0.4, -0.2) is 30.6 Å². The zero-order chi connectivity index (χ0) is 16.4. The maximum absolute atomic E-state index is 5.72. The molecule has 0 amide bonds. The Hall–Kier alpha value is -2.08. The predicted octanol–water partition coefficient (Wildman–Crippen LogP) is 3.69. The molecule has 2 aromatic rings. The predicted molar refractivity (Wildman–Crippen MR) is 96.1 cm³/mol. The van der Waals surface area contributed by atoms with E-state index in [9.17, 15) is 0 Å². The molecule has 5 nitrogen and oxygen atoms in total. The van der Waals surface area contributed by atoms with Crippen LogP contribution in [0.5, 0.6) is 11.5 Å². The Morgan fingerprint density at radius 3 is 2.62 bits per heavy atom. The molecular weight excluding hydrogens is 322 g/mol. The second-order valence-electron chi connectivity index (χ2n) is 6.02. The van der Waals surface area contributed by atoms with Crippen LogP contribution in [0.15, 0.2) is 33.7 Å². The van der Waals surface area contributed by atoms with Crippen molar-refractivity contribution in [3.8, 4) is 22.8 Å². The summed E-state index contributed by atoms with van der Waals surface area (Å²) in [6.07, 6.45) is 5.97. The molecule has 1 aliphatic heterocycles. The van der Waals surface area contributed by atoms with E-state index in [1.54, 1.807) is 11.3 Å². The van der Waals surface area contributed by atoms with E-state index in [2.05, 4.69) is 16.4 Å². The van der Waals surface area contributed by atoms with Crippen LogP contribution in [-0.2, 0) is 0 Å². The van der Waals surface area contributed by atoms with Gasteiger partial charge in [-0.3, -0.25) is 4.99 Å². The van der Waals surface area contributed by atoms with Gasteiger partial charge in [-0.25, -0.2) is 4.68 Å². The maximum atomic E-state index is 5.72. The van der Waals surface area contributed by atoms with Crippen molar-refractivity contribution in [3.63, 3.8) is 0 Å². The zero-order valence-corrected chi connectivity index (χ0v) is 14.6. The third-order valence-electron chi connectivity index (χ3n) is 4.39. The van der Waals surface area contributed by atoms with Crippen molar-refractivity contribution in [2.24, 2.45) is 10.1 Å². The quantitative estimate of drug-likeness (QED) is 0.835. The van der Waals surface area contributed by atoms with Gasteiger partial charge in [0.15, 0.2) is 11.5 Å². The Kier molecular flexibility index (Phi) is 4.38. The van der Waals surface area contributed by atoms with Gasteiger partial charge in [-0.05, 0) is 43.9 Å². The van der Waals surface area contributed by atoms with E-state index in [0.717, 1.165) is 40.4 Å². The highest BCUT2D eigenvalue weighted by molar-refractivity contribution is 7.07. The third-order valence-corrected chi connectivity index (χ3v) is 5.29. The van der Waals surface area contributed by atoms with Gasteiger partial charge in [0, 0.05) is 23.7 Å². The van der Waals surface area contributed by atoms with Crippen LogP contribution in [0.25, 0.3) is 11.3 Å². The summed E-state index contributed by atoms with van der Waals surface area (Å²) >= 11 is 1.61. The number of nitrogens with zero attached hydrogens (tertiary/aromatic N) is 3. The first-order valence-electron chi connectivity index (χ1n) is 8.45. The number of hydrogen-bond donors (Lipinski definition) is 0. The van der Waals surface area contributed by atoms with Crippen molar-refractivity contribution in [1.82, 2.24) is 4.68 Å². The van der Waals surface area contributed by atoms with Gasteiger partial charge in [0.25, 0.3) is 0 Å². The molecule has 126 valence electrons. The van der Waals surface area contributed by atoms with Gasteiger partial charge in [-0.1, -0.05) is 6.42 Å². The molecule has 1 aromatic heterocycles. The van der Waals surface area contributed by atoms with Crippen LogP contribution in [0.4, 0.5) is 0 Å². The number of ether oxygens (including phenoxy) is 2. The molecule has 1 fully saturated rings. The van der Waals surface area contributed by atoms with E-state index in [-0.39, 0.29) is 0 Å². The summed E-state index contributed by atoms with van der Waals surface area (Å²) in [7, 11) is 1.82. The van der Waals surface area contributed by atoms with Crippen molar-refractivity contribution >= 4 is 17.0 Å². The molecule has 1 aliphatic carbocycles. The molecule has 1 saturated carbocycles. The van der Waals surface area contributed by atoms with E-state index >= 15 is 0 Å². The van der Waals surface area contributed by atoms with Crippen molar-refractivity contribution in [2.45, 2.75) is 32.1 Å². The summed E-state index contributed by atoms with van der Waals surface area (Å²) in [4.78, 5) is 5.30. The summed E-state index contributed by atoms with van der Waals surface area (Å²) in [6, 6.07) is 6.07. The van der Waals surface area contributed by atoms with Gasteiger partial charge >= 0.3 is 0 Å². The molecule has 0 unspecified atom stereocenters. The summed E-state index contributed by atoms with van der Waals surface area (Å²) < 4.78 is 13.3. The Bertz CT molecular complexity index is 827. The fourth-order valence-electron chi connectivity index (χ4n) is 3.15. The first kappa shape index (κ1) is 15.4. The summed E-state index contributed by atoms with van der Waals surface area (Å²) in [5.74, 6) is 1.61. The van der Waals surface area contributed by atoms with Crippen LogP contribution in [0, 0.1) is 0 Å². The fraction of sp³-hybridized carbons (Fsp3) is 0.444. The minimum atomic E-state index is 0.595. The van der Waals surface area contributed by atoms with Crippen LogP contribution >= 0.6 is 11.3 Å². The number of fused-ring (bicyclic) bond motifs is 1. The second-order valence-corrected chi connectivity index (χ2v) is 6.86. The average molecular weight is 343 g/mol. The van der Waals surface area contributed by atoms with Crippen molar-refractivity contribution in [2.75, 3.05) is 20.3 Å². The summed E-state index contributed by atoms with van der Waals surface area (Å²) in [5, 5.41) is 7.03. The third kappa shape index (κ3) is 2.98. The first-order valence-corrected chi connectivity index (χ1v) is 9.33. The Labute approximate surface area is 145 Å². The lowest BCUT2D eigenvalue weighted by atomic mass is 9.99. The number of benzene rings is 1. The van der Waals surface area contributed by atoms with Crippen LogP contribution in [0.2, 0.25) is 0 Å². The molecular formula is C18H21N3O2S. The summed E-state index contributed by atoms with van der Waals surface area (Å²) in [6.45, 7) is 1.20. The smallest absolute Gasteiger partial charge is 0.205 e. The molecule has 2 aliphatic rings. The van der Waals surface area contributed by atoms with Gasteiger partial charge in [-0.2, -0.15) is 5.10 Å². The molecule has 1 aromatic carbocycles. The van der Waals surface area contributed by atoms with E-state index < -0.39 is 0 Å². The van der Waals surface area contributed by atoms with Crippen molar-refractivity contribution in [1.29, 1.82) is 0 Å². The van der Waals surface area contributed by atoms with Crippen LogP contribution < -0.4 is 14.3 Å². The largest absolute Gasteiger partial charge is 0.486 e. The highest BCUT2D eigenvalue weighted by Crippen LogP contribution is 2.34. The van der Waals surface area contributed by atoms with Gasteiger partial charge in [0.1, 0.15) is 13.2 Å². The van der Waals surface area contributed by atoms with Crippen LogP contribution in [0.1, 0.15) is 32.1 Å². The Morgan fingerprint density at radius 1 is 1.04 bits per heavy atom. The lowest BCUT2D eigenvalue weighted by molar-refractivity contribution is 0.171. The van der Waals surface area contributed by atoms with Crippen molar-refractivity contribution in [3.05, 3.63) is 28.4 Å². The fourth-order valence-corrected chi connectivity index (χ4v) is 3.95. The van der Waals surface area contributed by atoms with E-state index in [4.69, 9.17) is 14.6 Å². The molecule has 0 saturated heterocycles. The highest BCUT2D eigenvalue weighted by Gasteiger charge is 2.16. The van der Waals surface area contributed by atoms with Gasteiger partial charge in [0.05, 0.1) is 5.69 Å². The standard InChI is InChI=1S/C18H21N3O2S/c1-19-18-21(20-14-5-3-2-4-6-14)15(12-24-18)13-7-8-16-17(11-13)23-10-9-22-16/h7-8,11-12H,2-6,9-10H2,1H3. The number of aromatic nitrogens is 1. The molecule has 0 atom stereocenters. The molecule has 6 heteroatoms. The first-order chi connectivity index (χ1) is 11.8. The van der Waals surface area contributed by atoms with Crippen LogP contribution in [0.3, 0.4) is 0 Å². The second kappa shape index (κ2) is 6.81. The SMILES string of the molecule is CN=c1scc(-c2ccc3c(c2)OCCO3)n1N=C1CCCCC1. The Balaban J connectivity index is 1.77. The molecule has 0 radical (unpaired) electrons. The number of hydrogen-bond acceptors (Lipinski definition) is 5. The molecule has 2 heterocycles. The molecule has 0 N–H and O–H groups in total. The molecule has 0 bridgehead atoms. The molecule has 24 heavy (non-hydrogen) atoms. The topological polar surface area (TPSA) is 48.1 Å². The van der Waals surface area contributed by atoms with Gasteiger partial charge in [0.2, 0.25) is 4.80 Å². The average Bonchev–Trinajstić information content (AvgIpc) is 3.05. The van der Waals surface area contributed by atoms with Gasteiger partial charge in [-0.15, -0.1) is 11.3 Å². The minimum Gasteiger partial charge on any atom is -0.486 e. The highest BCUT2D eigenvalue weighted by atomic mass is 32.1. The lowest BCUT2D eigenvalue weighted by Crippen LogP contribution is -2.16. The zero-order valence-electron chi connectivity index (χ0n) is 13.8. The van der Waals surface area contributed by atoms with Gasteiger partial charge < -0.3 is 9.47 Å². The van der Waals surface area contributed by atoms with Crippen molar-refractivity contribution < 1.29 is 9.47 Å². The van der Waals surface area contributed by atoms with E-state index in [1.807, 2.05) is 23.9 Å². The minimum absolute atomic E-state index is 0.595. The molecule has 0 spiro atoms. The molecule has 4 rings (SSSR count). The maximum Gasteiger partial charge on any atom is 0.205 e. The van der Waals surface area contributed by atoms with E-state index in [0.29, 0.717) is 13.2 Å². The number of thiazole rings is 1. The summed E-state index contributed by atoms with van der Waals surface area (Å²) in [5.41, 5.74) is 3.40. The number of rotatable bonds is 2.